The van der Waals surface area contributed by atoms with Crippen LogP contribution in [0.4, 0.5) is 4.39 Å². The Balaban J connectivity index is 2.61. The van der Waals surface area contributed by atoms with Crippen molar-refractivity contribution in [3.63, 3.8) is 0 Å². The third kappa shape index (κ3) is 4.22. The minimum atomic E-state index is -0.607. The molecule has 0 saturated carbocycles. The topological polar surface area (TPSA) is 84.6 Å². The van der Waals surface area contributed by atoms with E-state index in [1.54, 1.807) is 0 Å². The third-order valence-corrected chi connectivity index (χ3v) is 2.58. The molecule has 1 atom stereocenters. The average Bonchev–Trinajstić information content (AvgIpc) is 2.35. The Morgan fingerprint density at radius 1 is 1.61 bits per heavy atom. The highest BCUT2D eigenvalue weighted by atomic mass is 35.5. The number of nitrogens with zero attached hydrogens (tertiary/aromatic N) is 4. The second kappa shape index (κ2) is 7.51. The van der Waals surface area contributed by atoms with Gasteiger partial charge in [-0.25, -0.2) is 4.39 Å². The van der Waals surface area contributed by atoms with E-state index in [9.17, 15) is 4.39 Å². The molecule has 5 nitrogen and oxygen atoms in total. The van der Waals surface area contributed by atoms with Crippen molar-refractivity contribution in [2.45, 2.75) is 12.5 Å². The number of rotatable bonds is 6. The van der Waals surface area contributed by atoms with E-state index in [0.29, 0.717) is 25.1 Å². The molecule has 0 aliphatic carbocycles. The molecule has 1 unspecified atom stereocenters. The smallest absolute Gasteiger partial charge is 0.124 e. The van der Waals surface area contributed by atoms with Gasteiger partial charge in [-0.05, 0) is 30.6 Å². The molecule has 0 radical (unpaired) electrons. The molecule has 94 valence electrons. The van der Waals surface area contributed by atoms with Crippen molar-refractivity contribution in [2.75, 3.05) is 13.1 Å². The summed E-state index contributed by atoms with van der Waals surface area (Å²) in [6.45, 7) is 0.865. The first-order valence-corrected chi connectivity index (χ1v) is 5.65. The van der Waals surface area contributed by atoms with Crippen LogP contribution in [0.5, 0.6) is 0 Å². The van der Waals surface area contributed by atoms with E-state index < -0.39 is 11.9 Å². The summed E-state index contributed by atoms with van der Waals surface area (Å²) in [5, 5.41) is 15.6. The summed E-state index contributed by atoms with van der Waals surface area (Å²) in [7, 11) is 0. The lowest BCUT2D eigenvalue weighted by Gasteiger charge is -2.12. The number of nitrogens with one attached hydrogen (secondary N) is 1. The Labute approximate surface area is 109 Å². The van der Waals surface area contributed by atoms with E-state index in [1.165, 1.54) is 18.2 Å². The standard InChI is InChI=1S/C11H11ClFN5/c12-10-6-8(13)2-3-9(10)11(7-14)16-4-1-5-17-18-15/h2-3,6,11,16H,1,4-5H2. The van der Waals surface area contributed by atoms with E-state index in [2.05, 4.69) is 15.3 Å². The van der Waals surface area contributed by atoms with Crippen molar-refractivity contribution < 1.29 is 4.39 Å². The normalized spacial score (nSPS) is 11.4. The molecule has 0 fully saturated rings. The van der Waals surface area contributed by atoms with E-state index in [0.717, 1.165) is 0 Å². The first kappa shape index (κ1) is 14.3. The maximum atomic E-state index is 12.9. The van der Waals surface area contributed by atoms with Gasteiger partial charge in [-0.1, -0.05) is 22.8 Å². The monoisotopic (exact) mass is 267 g/mol. The predicted octanol–water partition coefficient (Wildman–Crippen LogP) is 3.33. The summed E-state index contributed by atoms with van der Waals surface area (Å²) >= 11 is 5.87. The van der Waals surface area contributed by atoms with Gasteiger partial charge in [-0.15, -0.1) is 0 Å². The lowest BCUT2D eigenvalue weighted by atomic mass is 10.1. The number of hydrogen-bond acceptors (Lipinski definition) is 3. The molecule has 0 aliphatic heterocycles. The van der Waals surface area contributed by atoms with Crippen LogP contribution in [0.2, 0.25) is 5.02 Å². The minimum Gasteiger partial charge on any atom is -0.298 e. The summed E-state index contributed by atoms with van der Waals surface area (Å²) in [5.74, 6) is -0.441. The summed E-state index contributed by atoms with van der Waals surface area (Å²) < 4.78 is 12.9. The van der Waals surface area contributed by atoms with Crippen LogP contribution >= 0.6 is 11.6 Å². The van der Waals surface area contributed by atoms with Crippen LogP contribution in [0.3, 0.4) is 0 Å². The number of nitriles is 1. The van der Waals surface area contributed by atoms with Crippen molar-refractivity contribution in [3.8, 4) is 6.07 Å². The summed E-state index contributed by atoms with van der Waals surface area (Å²) in [6, 6.07) is 5.35. The highest BCUT2D eigenvalue weighted by Crippen LogP contribution is 2.23. The molecule has 0 aliphatic rings. The Kier molecular flexibility index (Phi) is 5.95. The van der Waals surface area contributed by atoms with E-state index >= 15 is 0 Å². The number of benzene rings is 1. The van der Waals surface area contributed by atoms with Crippen LogP contribution in [-0.2, 0) is 0 Å². The number of azide groups is 1. The van der Waals surface area contributed by atoms with Crippen LogP contribution in [0.1, 0.15) is 18.0 Å². The Bertz CT molecular complexity index is 493. The zero-order chi connectivity index (χ0) is 13.4. The summed E-state index contributed by atoms with van der Waals surface area (Å²) in [5.41, 5.74) is 8.63. The SMILES string of the molecule is N#CC(NCCCN=[N+]=[N-])c1ccc(F)cc1Cl. The molecule has 1 aromatic rings. The van der Waals surface area contributed by atoms with Gasteiger partial charge in [-0.2, -0.15) is 5.26 Å². The molecule has 1 rings (SSSR count). The molecule has 0 amide bonds. The molecule has 1 N–H and O–H groups in total. The Hall–Kier alpha value is -1.80. The van der Waals surface area contributed by atoms with Crippen molar-refractivity contribution in [1.82, 2.24) is 5.32 Å². The maximum absolute atomic E-state index is 12.9. The molecular weight excluding hydrogens is 257 g/mol. The fraction of sp³-hybridized carbons (Fsp3) is 0.364. The summed E-state index contributed by atoms with van der Waals surface area (Å²) in [6.07, 6.45) is 0.612. The van der Waals surface area contributed by atoms with Crippen LogP contribution in [0, 0.1) is 17.1 Å². The van der Waals surface area contributed by atoms with Gasteiger partial charge >= 0.3 is 0 Å². The average molecular weight is 268 g/mol. The molecule has 18 heavy (non-hydrogen) atoms. The largest absolute Gasteiger partial charge is 0.298 e. The number of halogens is 2. The fourth-order valence-corrected chi connectivity index (χ4v) is 1.68. The van der Waals surface area contributed by atoms with Gasteiger partial charge in [0.05, 0.1) is 6.07 Å². The maximum Gasteiger partial charge on any atom is 0.124 e. The predicted molar refractivity (Wildman–Crippen MR) is 66.4 cm³/mol. The van der Waals surface area contributed by atoms with Crippen molar-refractivity contribution in [1.29, 1.82) is 5.26 Å². The van der Waals surface area contributed by atoms with Gasteiger partial charge in [0.1, 0.15) is 11.9 Å². The molecule has 0 heterocycles. The lowest BCUT2D eigenvalue weighted by molar-refractivity contribution is 0.601. The highest BCUT2D eigenvalue weighted by Gasteiger charge is 2.13. The minimum absolute atomic E-state index is 0.212. The van der Waals surface area contributed by atoms with Crippen LogP contribution in [0.25, 0.3) is 10.4 Å². The molecule has 1 aromatic carbocycles. The fourth-order valence-electron chi connectivity index (χ4n) is 1.40. The van der Waals surface area contributed by atoms with Crippen molar-refractivity contribution >= 4 is 11.6 Å². The van der Waals surface area contributed by atoms with E-state index in [-0.39, 0.29) is 5.02 Å². The van der Waals surface area contributed by atoms with Crippen molar-refractivity contribution in [2.24, 2.45) is 5.11 Å². The molecule has 0 saturated heterocycles. The van der Waals surface area contributed by atoms with Gasteiger partial charge in [0.25, 0.3) is 0 Å². The van der Waals surface area contributed by atoms with Crippen LogP contribution < -0.4 is 5.32 Å². The first-order valence-electron chi connectivity index (χ1n) is 5.28. The molecular formula is C11H11ClFN5. The van der Waals surface area contributed by atoms with Crippen LogP contribution in [0.15, 0.2) is 23.3 Å². The second-order valence-electron chi connectivity index (χ2n) is 3.49. The molecule has 0 aromatic heterocycles. The highest BCUT2D eigenvalue weighted by molar-refractivity contribution is 6.31. The molecule has 0 spiro atoms. The van der Waals surface area contributed by atoms with E-state index in [4.69, 9.17) is 22.4 Å². The molecule has 7 heteroatoms. The number of hydrogen-bond donors (Lipinski definition) is 1. The van der Waals surface area contributed by atoms with Gasteiger partial charge in [0.15, 0.2) is 0 Å². The lowest BCUT2D eigenvalue weighted by Crippen LogP contribution is -2.22. The van der Waals surface area contributed by atoms with E-state index in [1.807, 2.05) is 6.07 Å². The zero-order valence-corrected chi connectivity index (χ0v) is 10.2. The van der Waals surface area contributed by atoms with Crippen LogP contribution in [-0.4, -0.2) is 13.1 Å². The Morgan fingerprint density at radius 3 is 3.00 bits per heavy atom. The first-order chi connectivity index (χ1) is 8.69. The molecule has 0 bridgehead atoms. The van der Waals surface area contributed by atoms with Gasteiger partial charge < -0.3 is 0 Å². The Morgan fingerprint density at radius 2 is 2.39 bits per heavy atom. The van der Waals surface area contributed by atoms with Gasteiger partial charge in [-0.3, -0.25) is 5.32 Å². The quantitative estimate of drug-likeness (QED) is 0.371. The third-order valence-electron chi connectivity index (χ3n) is 2.25. The summed E-state index contributed by atoms with van der Waals surface area (Å²) in [4.78, 5) is 2.62. The van der Waals surface area contributed by atoms with Crippen molar-refractivity contribution in [3.05, 3.63) is 45.0 Å². The second-order valence-corrected chi connectivity index (χ2v) is 3.90. The van der Waals surface area contributed by atoms with Gasteiger partial charge in [0, 0.05) is 22.0 Å². The zero-order valence-electron chi connectivity index (χ0n) is 9.48. The van der Waals surface area contributed by atoms with Gasteiger partial charge in [0.2, 0.25) is 0 Å².